The molecule has 0 aliphatic carbocycles. The molecule has 109 heavy (non-hydrogen) atoms. The van der Waals surface area contributed by atoms with Crippen LogP contribution >= 0.6 is 0 Å². The maximum Gasteiger partial charge on any atom is 0.159 e. The lowest BCUT2D eigenvalue weighted by atomic mass is 9.75. The highest BCUT2D eigenvalue weighted by Crippen LogP contribution is 2.63. The fraction of sp³-hybridized carbons (Fsp3) is 0.126. The Bertz CT molecular complexity index is 7740. The minimum Gasteiger partial charge on any atom is -0.452 e. The molecule has 0 saturated carbocycles. The monoisotopic (exact) mass is 1420 g/mol. The third kappa shape index (κ3) is 10.0. The summed E-state index contributed by atoms with van der Waals surface area (Å²) in [5.41, 5.74) is 18.6. The van der Waals surface area contributed by atoms with Gasteiger partial charge in [-0.2, -0.15) is 0 Å². The summed E-state index contributed by atoms with van der Waals surface area (Å²) in [6.45, 7) is 20.0. The lowest BCUT2D eigenvalue weighted by Gasteiger charge is -2.45. The average molecular weight is 1420 g/mol. The minimum absolute atomic E-state index is 0.0253. The van der Waals surface area contributed by atoms with Gasteiger partial charge in [-0.25, -0.2) is 0 Å². The Morgan fingerprint density at radius 3 is 1.24 bits per heavy atom. The van der Waals surface area contributed by atoms with Gasteiger partial charge in [0.2, 0.25) is 0 Å². The molecule has 1 atom stereocenters. The topological polar surface area (TPSA) is 34.4 Å². The summed E-state index contributed by atoms with van der Waals surface area (Å²) in [4.78, 5) is 4.59. The summed E-state index contributed by atoms with van der Waals surface area (Å²) >= 11 is 0. The zero-order valence-corrected chi connectivity index (χ0v) is 61.6. The number of furan rings is 1. The molecule has 0 bridgehead atoms. The second-order valence-corrected chi connectivity index (χ2v) is 32.1. The predicted octanol–water partition coefficient (Wildman–Crippen LogP) is 28.5. The summed E-state index contributed by atoms with van der Waals surface area (Å²) in [5, 5.41) is 3.10. The summed E-state index contributed by atoms with van der Waals surface area (Å²) in [5.74, 6) is -0.660. The van der Waals surface area contributed by atoms with Crippen LogP contribution in [0.3, 0.4) is 0 Å². The Kier molecular flexibility index (Phi) is 10.9. The molecule has 0 amide bonds. The van der Waals surface area contributed by atoms with Crippen molar-refractivity contribution in [2.45, 2.75) is 84.5 Å². The van der Waals surface area contributed by atoms with E-state index < -0.39 is 103 Å². The van der Waals surface area contributed by atoms with E-state index in [0.29, 0.717) is 33.4 Å². The van der Waals surface area contributed by atoms with E-state index in [1.165, 1.54) is 4.57 Å². The first-order chi connectivity index (χ1) is 59.6. The molecule has 0 spiro atoms. The third-order valence-corrected chi connectivity index (χ3v) is 22.5. The highest BCUT2D eigenvalue weighted by atomic mass is 16.3. The number of fused-ring (bicyclic) bond motifs is 16. The smallest absolute Gasteiger partial charge is 0.159 e. The van der Waals surface area contributed by atoms with Gasteiger partial charge in [0.1, 0.15) is 0 Å². The minimum atomic E-state index is -0.660. The van der Waals surface area contributed by atoms with Gasteiger partial charge in [0, 0.05) is 65.9 Å². The Morgan fingerprint density at radius 2 is 0.697 bits per heavy atom. The third-order valence-electron chi connectivity index (χ3n) is 22.5. The van der Waals surface area contributed by atoms with Crippen molar-refractivity contribution in [3.63, 3.8) is 0 Å². The van der Waals surface area contributed by atoms with Crippen LogP contribution in [0.1, 0.15) is 124 Å². The molecule has 19 aromatic rings. The number of hydrogen-bond acceptors (Lipinski definition) is 3. The van der Waals surface area contributed by atoms with Crippen LogP contribution in [-0.2, 0) is 16.2 Å². The van der Waals surface area contributed by atoms with Gasteiger partial charge in [-0.3, -0.25) is 0 Å². The Balaban J connectivity index is 0.944. The fourth-order valence-electron chi connectivity index (χ4n) is 17.2. The second-order valence-electron chi connectivity index (χ2n) is 32.1. The van der Waals surface area contributed by atoms with Crippen LogP contribution < -0.4 is 9.80 Å². The first-order valence-electron chi connectivity index (χ1n) is 45.1. The zero-order valence-electron chi connectivity index (χ0n) is 77.6. The lowest BCUT2D eigenvalue weighted by Crippen LogP contribution is -2.30. The molecule has 2 aliphatic heterocycles. The van der Waals surface area contributed by atoms with E-state index >= 15 is 0 Å². The summed E-state index contributed by atoms with van der Waals surface area (Å²) in [6.07, 6.45) is 0. The van der Waals surface area contributed by atoms with Crippen molar-refractivity contribution in [1.82, 2.24) is 13.7 Å². The molecule has 6 heterocycles. The van der Waals surface area contributed by atoms with Gasteiger partial charge in [0.15, 0.2) is 11.2 Å². The SMILES string of the molecule is [2H]c1c([2H])c([2H])c2c(c1[2H])c1c([2H])c([2H])c([2H])c([2H])c1n2-c1ccc2c(c1)N(c1cc(-c3ccccc3)cc(-c3ccccc3)c1)c1cc(-n3c4ccc(C(C)(C)C)cc4c4cc(C(C)(C)C)ccc43)cc3c1C2c1ccc(-c2cccc(C(C)(C)C)c2)cc1N3c1cccc2c1oc1c(-n3c4c([2H])c([2H])c([2H])c([2H])c4c4c([2H])c([2H])c([2H])c([2H])c43)cccc12. The first-order valence-corrected chi connectivity index (χ1v) is 37.1. The zero-order chi connectivity index (χ0) is 87.4. The molecule has 21 rings (SSSR count). The molecule has 15 aromatic carbocycles. The first kappa shape index (κ1) is 49.8. The molecule has 6 nitrogen and oxygen atoms in total. The van der Waals surface area contributed by atoms with Crippen molar-refractivity contribution < 1.29 is 26.3 Å². The molecule has 0 saturated heterocycles. The molecule has 0 N–H and O–H groups in total. The number of aromatic nitrogens is 3. The Morgan fingerprint density at radius 1 is 0.266 bits per heavy atom. The quantitative estimate of drug-likeness (QED) is 0.152. The van der Waals surface area contributed by atoms with Gasteiger partial charge >= 0.3 is 0 Å². The van der Waals surface area contributed by atoms with Gasteiger partial charge < -0.3 is 27.9 Å². The predicted molar refractivity (Wildman–Crippen MR) is 459 cm³/mol. The molecule has 0 fully saturated rings. The van der Waals surface area contributed by atoms with Gasteiger partial charge in [-0.1, -0.05) is 274 Å². The number of para-hydroxylation sites is 6. The summed E-state index contributed by atoms with van der Waals surface area (Å²) < 4.78 is 163. The van der Waals surface area contributed by atoms with Crippen LogP contribution in [0.5, 0.6) is 0 Å². The largest absolute Gasteiger partial charge is 0.452 e. The van der Waals surface area contributed by atoms with Gasteiger partial charge in [0.25, 0.3) is 0 Å². The van der Waals surface area contributed by atoms with Crippen LogP contribution in [-0.4, -0.2) is 13.7 Å². The molecule has 2 aliphatic rings. The highest BCUT2D eigenvalue weighted by Gasteiger charge is 2.43. The maximum atomic E-state index is 9.88. The van der Waals surface area contributed by atoms with Crippen LogP contribution in [0, 0.1) is 0 Å². The Labute approximate surface area is 657 Å². The van der Waals surface area contributed by atoms with Crippen molar-refractivity contribution in [3.05, 3.63) is 355 Å². The van der Waals surface area contributed by atoms with Crippen molar-refractivity contribution >= 4 is 121 Å². The van der Waals surface area contributed by atoms with Crippen molar-refractivity contribution in [3.8, 4) is 50.4 Å². The standard InChI is InChI=1S/C103H81N5O/c1-101(2,3)69-32-24-31-65(54-69)66-45-49-81-93(57-66)108(92-44-26-38-80-79-37-25-43-91(99(79)109-100(80)92)107-87-41-22-18-35-77(87)78-36-19-23-42-88(78)107)96-62-74(105-89-51-46-70(102(4,5)6)58-83(89)84-59-71(103(7,8)9)47-52-90(84)105)61-95-98(96)97(81)82-50-48-72(104-85-39-20-16-33-75(85)76-34-17-21-40-86(76)104)60-94(82)106(95)73-55-67(63-27-12-10-13-28-63)53-68(56-73)64-29-14-11-15-30-64/h10-62,97H,1-9H3/i16D,17D,18D,19D,20D,21D,22D,23D,33D,34D,35D,36D,39D,40D,41D,42D. The highest BCUT2D eigenvalue weighted by molar-refractivity contribution is 6.17. The molecule has 1 unspecified atom stereocenters. The fourth-order valence-corrected chi connectivity index (χ4v) is 17.2. The molecule has 0 radical (unpaired) electrons. The second kappa shape index (κ2) is 23.8. The van der Waals surface area contributed by atoms with E-state index in [9.17, 15) is 13.7 Å². The molecule has 4 aromatic heterocycles. The van der Waals surface area contributed by atoms with Crippen LogP contribution in [0.4, 0.5) is 34.1 Å². The van der Waals surface area contributed by atoms with E-state index in [4.69, 9.17) is 12.6 Å². The van der Waals surface area contributed by atoms with Crippen LogP contribution in [0.25, 0.3) is 138 Å². The van der Waals surface area contributed by atoms with E-state index in [1.54, 1.807) is 10.6 Å². The maximum absolute atomic E-state index is 9.88. The summed E-state index contributed by atoms with van der Waals surface area (Å²) in [6, 6.07) is 69.9. The number of rotatable bonds is 8. The van der Waals surface area contributed by atoms with E-state index in [2.05, 4.69) is 216 Å². The van der Waals surface area contributed by atoms with Gasteiger partial charge in [0.05, 0.1) is 94.8 Å². The Hall–Kier alpha value is -12.9. The van der Waals surface area contributed by atoms with E-state index in [1.807, 2.05) is 78.9 Å². The number of hydrogen-bond donors (Lipinski definition) is 0. The van der Waals surface area contributed by atoms with Gasteiger partial charge in [-0.15, -0.1) is 0 Å². The van der Waals surface area contributed by atoms with E-state index in [0.717, 1.165) is 117 Å². The van der Waals surface area contributed by atoms with Gasteiger partial charge in [-0.05, 0) is 187 Å². The lowest BCUT2D eigenvalue weighted by molar-refractivity contribution is 0.590. The van der Waals surface area contributed by atoms with Crippen LogP contribution in [0.15, 0.2) is 326 Å². The normalized spacial score (nSPS) is 15.8. The van der Waals surface area contributed by atoms with Crippen molar-refractivity contribution in [2.75, 3.05) is 9.80 Å². The van der Waals surface area contributed by atoms with Crippen molar-refractivity contribution in [2.24, 2.45) is 0 Å². The van der Waals surface area contributed by atoms with E-state index in [-0.39, 0.29) is 71.1 Å². The molecular weight excluding hydrogens is 1320 g/mol. The number of anilines is 6. The molecule has 6 heteroatoms. The number of benzene rings is 15. The van der Waals surface area contributed by atoms with Crippen LogP contribution in [0.2, 0.25) is 0 Å². The number of nitrogens with zero attached hydrogens (tertiary/aromatic N) is 5. The van der Waals surface area contributed by atoms with Crippen molar-refractivity contribution in [1.29, 1.82) is 0 Å². The molecule has 524 valence electrons. The molecular formula is C103H81N5O. The summed E-state index contributed by atoms with van der Waals surface area (Å²) in [7, 11) is 0. The average Bonchev–Trinajstić information content (AvgIpc) is 0.911.